The number of nitrogens with zero attached hydrogens (tertiary/aromatic N) is 2. The Morgan fingerprint density at radius 1 is 1.09 bits per heavy atom. The second kappa shape index (κ2) is 13.9. The number of benzene rings is 4. The van der Waals surface area contributed by atoms with Gasteiger partial charge >= 0.3 is 5.97 Å². The highest BCUT2D eigenvalue weighted by atomic mass is 79.9. The molecule has 10 heteroatoms. The first-order valence-corrected chi connectivity index (χ1v) is 17.2. The van der Waals surface area contributed by atoms with E-state index in [2.05, 4.69) is 34.1 Å². The lowest BCUT2D eigenvalue weighted by molar-refractivity contribution is -0.139. The molecule has 0 unspecified atom stereocenters. The zero-order valence-corrected chi connectivity index (χ0v) is 29.4. The summed E-state index contributed by atoms with van der Waals surface area (Å²) in [5.41, 5.74) is 2.76. The lowest BCUT2D eigenvalue weighted by atomic mass is 9.95. The average molecular weight is 732 g/mol. The third-order valence-electron chi connectivity index (χ3n) is 7.67. The first-order chi connectivity index (χ1) is 22.7. The maximum absolute atomic E-state index is 14.4. The first-order valence-electron chi connectivity index (χ1n) is 15.2. The zero-order valence-electron chi connectivity index (χ0n) is 26.3. The van der Waals surface area contributed by atoms with Gasteiger partial charge in [-0.25, -0.2) is 9.79 Å². The average Bonchev–Trinajstić information content (AvgIpc) is 3.33. The van der Waals surface area contributed by atoms with Gasteiger partial charge in [-0.1, -0.05) is 83.6 Å². The van der Waals surface area contributed by atoms with Crippen molar-refractivity contribution in [1.82, 2.24) is 4.57 Å². The summed E-state index contributed by atoms with van der Waals surface area (Å²) in [6.45, 7) is 7.85. The van der Waals surface area contributed by atoms with Gasteiger partial charge in [0.2, 0.25) is 0 Å². The number of carbonyl (C=O) groups excluding carboxylic acids is 1. The van der Waals surface area contributed by atoms with Crippen LogP contribution in [0.1, 0.15) is 50.4 Å². The molecule has 0 saturated carbocycles. The molecule has 0 radical (unpaired) electrons. The molecule has 1 aliphatic heterocycles. The summed E-state index contributed by atoms with van der Waals surface area (Å²) in [6.07, 6.45) is 1.63. The van der Waals surface area contributed by atoms with Crippen LogP contribution in [0.25, 0.3) is 16.8 Å². The van der Waals surface area contributed by atoms with Crippen molar-refractivity contribution in [2.75, 3.05) is 6.61 Å². The third-order valence-corrected chi connectivity index (χ3v) is 9.46. The fourth-order valence-corrected chi connectivity index (χ4v) is 7.69. The van der Waals surface area contributed by atoms with Crippen molar-refractivity contribution in [1.29, 1.82) is 0 Å². The molecule has 0 aliphatic carbocycles. The Morgan fingerprint density at radius 3 is 2.62 bits per heavy atom. The number of ether oxygens (including phenoxy) is 3. The number of rotatable bonds is 9. The molecule has 2 heterocycles. The molecular weight excluding hydrogens is 700 g/mol. The summed E-state index contributed by atoms with van der Waals surface area (Å²) in [6, 6.07) is 24.4. The highest BCUT2D eigenvalue weighted by molar-refractivity contribution is 9.10. The van der Waals surface area contributed by atoms with Gasteiger partial charge in [-0.3, -0.25) is 9.36 Å². The fraction of sp³-hybridized carbons (Fsp3) is 0.216. The van der Waals surface area contributed by atoms with Crippen LogP contribution in [0.5, 0.6) is 11.5 Å². The minimum absolute atomic E-state index is 0.128. The summed E-state index contributed by atoms with van der Waals surface area (Å²) in [5.74, 6) is 0.584. The Bertz CT molecular complexity index is 2220. The second-order valence-corrected chi connectivity index (χ2v) is 13.5. The van der Waals surface area contributed by atoms with Crippen LogP contribution in [-0.4, -0.2) is 23.2 Å². The molecule has 0 N–H and O–H groups in total. The molecule has 7 nitrogen and oxygen atoms in total. The predicted octanol–water partition coefficient (Wildman–Crippen LogP) is 7.73. The quantitative estimate of drug-likeness (QED) is 0.145. The van der Waals surface area contributed by atoms with Crippen LogP contribution in [0.4, 0.5) is 0 Å². The lowest BCUT2D eigenvalue weighted by Crippen LogP contribution is -2.40. The molecule has 4 aromatic carbocycles. The van der Waals surface area contributed by atoms with Crippen molar-refractivity contribution in [3.63, 3.8) is 0 Å². The van der Waals surface area contributed by atoms with E-state index in [1.54, 1.807) is 36.6 Å². The maximum atomic E-state index is 14.4. The van der Waals surface area contributed by atoms with Crippen molar-refractivity contribution in [2.24, 2.45) is 4.99 Å². The number of fused-ring (bicyclic) bond motifs is 2. The van der Waals surface area contributed by atoms with Gasteiger partial charge in [0.15, 0.2) is 4.80 Å². The number of hydrogen-bond donors (Lipinski definition) is 0. The van der Waals surface area contributed by atoms with Crippen molar-refractivity contribution >= 4 is 61.7 Å². The molecule has 0 saturated heterocycles. The normalized spacial score (nSPS) is 14.7. The Kier molecular flexibility index (Phi) is 9.68. The van der Waals surface area contributed by atoms with E-state index in [1.807, 2.05) is 62.4 Å². The van der Waals surface area contributed by atoms with Crippen LogP contribution in [0.2, 0.25) is 5.02 Å². The van der Waals surface area contributed by atoms with Crippen molar-refractivity contribution in [3.8, 4) is 11.5 Å². The minimum atomic E-state index is -0.810. The smallest absolute Gasteiger partial charge is 0.338 e. The Balaban J connectivity index is 1.49. The topological polar surface area (TPSA) is 79.1 Å². The molecule has 1 aliphatic rings. The fourth-order valence-electron chi connectivity index (χ4n) is 5.70. The van der Waals surface area contributed by atoms with Crippen LogP contribution >= 0.6 is 38.9 Å². The number of aromatic nitrogens is 1. The summed E-state index contributed by atoms with van der Waals surface area (Å²) in [7, 11) is 0. The van der Waals surface area contributed by atoms with Gasteiger partial charge in [-0.15, -0.1) is 0 Å². The Labute approximate surface area is 289 Å². The van der Waals surface area contributed by atoms with Gasteiger partial charge in [-0.2, -0.15) is 0 Å². The standard InChI is InChI=1S/C37H32BrClN2O5S/c1-5-44-36(43)32-22(4)40-37-41(33(32)28-15-8-9-16-30(28)46-21(2)3)35(42)31(47-37)18-25-17-26(39)19-29(38)34(25)45-20-24-13-10-12-23-11-6-7-14-27(23)24/h6-19,21,33H,5,20H2,1-4H3/b31-18-/t33-/m0/s1. The summed E-state index contributed by atoms with van der Waals surface area (Å²) >= 11 is 11.4. The molecule has 47 heavy (non-hydrogen) atoms. The monoisotopic (exact) mass is 730 g/mol. The number of esters is 1. The number of para-hydroxylation sites is 1. The van der Waals surface area contributed by atoms with Crippen LogP contribution < -0.4 is 24.4 Å². The van der Waals surface area contributed by atoms with E-state index in [-0.39, 0.29) is 23.8 Å². The van der Waals surface area contributed by atoms with E-state index >= 15 is 0 Å². The van der Waals surface area contributed by atoms with Crippen LogP contribution in [0, 0.1) is 0 Å². The molecular formula is C37H32BrClN2O5S. The van der Waals surface area contributed by atoms with Gasteiger partial charge in [0, 0.05) is 16.1 Å². The molecule has 6 rings (SSSR count). The van der Waals surface area contributed by atoms with E-state index in [9.17, 15) is 9.59 Å². The number of halogens is 2. The molecule has 0 spiro atoms. The van der Waals surface area contributed by atoms with Gasteiger partial charge in [0.1, 0.15) is 24.1 Å². The van der Waals surface area contributed by atoms with E-state index in [0.717, 1.165) is 16.3 Å². The Hall–Kier alpha value is -4.18. The number of hydrogen-bond acceptors (Lipinski definition) is 7. The lowest BCUT2D eigenvalue weighted by Gasteiger charge is -2.26. The number of carbonyl (C=O) groups is 1. The van der Waals surface area contributed by atoms with Gasteiger partial charge in [-0.05, 0) is 84.2 Å². The van der Waals surface area contributed by atoms with E-state index < -0.39 is 12.0 Å². The number of allylic oxidation sites excluding steroid dienone is 1. The molecule has 0 fully saturated rings. The summed E-state index contributed by atoms with van der Waals surface area (Å²) in [4.78, 5) is 32.9. The van der Waals surface area contributed by atoms with Crippen molar-refractivity contribution < 1.29 is 19.0 Å². The van der Waals surface area contributed by atoms with E-state index in [4.69, 9.17) is 30.8 Å². The van der Waals surface area contributed by atoms with Crippen molar-refractivity contribution in [3.05, 3.63) is 136 Å². The van der Waals surface area contributed by atoms with Crippen LogP contribution in [-0.2, 0) is 16.1 Å². The van der Waals surface area contributed by atoms with Gasteiger partial charge in [0.05, 0.1) is 33.0 Å². The van der Waals surface area contributed by atoms with E-state index in [0.29, 0.717) is 53.8 Å². The Morgan fingerprint density at radius 2 is 1.83 bits per heavy atom. The maximum Gasteiger partial charge on any atom is 0.338 e. The SMILES string of the molecule is CCOC(=O)C1=C(C)N=c2s/c(=C\c3cc(Cl)cc(Br)c3OCc3cccc4ccccc34)c(=O)n2[C@H]1c1ccccc1OC(C)C. The zero-order chi connectivity index (χ0) is 33.2. The predicted molar refractivity (Wildman–Crippen MR) is 190 cm³/mol. The molecule has 1 aromatic heterocycles. The second-order valence-electron chi connectivity index (χ2n) is 11.2. The molecule has 1 atom stereocenters. The van der Waals surface area contributed by atoms with E-state index in [1.165, 1.54) is 11.3 Å². The minimum Gasteiger partial charge on any atom is -0.491 e. The number of thiazole rings is 1. The van der Waals surface area contributed by atoms with Gasteiger partial charge in [0.25, 0.3) is 5.56 Å². The summed E-state index contributed by atoms with van der Waals surface area (Å²) in [5, 5.41) is 2.70. The summed E-state index contributed by atoms with van der Waals surface area (Å²) < 4.78 is 20.6. The molecule has 0 amide bonds. The third kappa shape index (κ3) is 6.66. The van der Waals surface area contributed by atoms with Crippen molar-refractivity contribution in [2.45, 2.75) is 46.4 Å². The molecule has 0 bridgehead atoms. The first kappa shape index (κ1) is 32.7. The van der Waals surface area contributed by atoms with Crippen LogP contribution in [0.3, 0.4) is 0 Å². The van der Waals surface area contributed by atoms with Crippen LogP contribution in [0.15, 0.2) is 104 Å². The largest absolute Gasteiger partial charge is 0.491 e. The molecule has 240 valence electrons. The highest BCUT2D eigenvalue weighted by Gasteiger charge is 2.35. The van der Waals surface area contributed by atoms with Gasteiger partial charge < -0.3 is 14.2 Å². The molecule has 5 aromatic rings. The highest BCUT2D eigenvalue weighted by Crippen LogP contribution is 2.37.